The van der Waals surface area contributed by atoms with Crippen LogP contribution in [0.15, 0.2) is 18.2 Å². The van der Waals surface area contributed by atoms with Crippen molar-refractivity contribution in [1.29, 1.82) is 0 Å². The number of carboxylic acids is 1. The molecule has 0 saturated heterocycles. The Hall–Kier alpha value is -1.49. The Balaban J connectivity index is 1.82. The number of benzene rings is 1. The topological polar surface area (TPSA) is 49.3 Å². The molecule has 5 heteroatoms. The van der Waals surface area contributed by atoms with Crippen LogP contribution in [0.5, 0.6) is 0 Å². The minimum absolute atomic E-state index is 0.132. The Morgan fingerprint density at radius 2 is 1.81 bits per heavy atom. The van der Waals surface area contributed by atoms with Crippen molar-refractivity contribution in [2.45, 2.75) is 38.6 Å². The van der Waals surface area contributed by atoms with Crippen molar-refractivity contribution in [2.75, 3.05) is 6.54 Å². The zero-order valence-electron chi connectivity index (χ0n) is 12.1. The van der Waals surface area contributed by atoms with E-state index in [0.717, 1.165) is 25.5 Å². The number of carbonyl (C=O) groups is 1. The summed E-state index contributed by atoms with van der Waals surface area (Å²) in [7, 11) is 0. The second-order valence-electron chi connectivity index (χ2n) is 5.89. The molecular formula is C16H21F2NO2. The number of rotatable bonds is 5. The molecule has 0 aliphatic heterocycles. The third-order valence-corrected chi connectivity index (χ3v) is 4.29. The lowest BCUT2D eigenvalue weighted by atomic mass is 9.82. The number of nitrogens with one attached hydrogen (secondary N) is 1. The van der Waals surface area contributed by atoms with Gasteiger partial charge < -0.3 is 10.4 Å². The number of carboxylic acid groups (broad SMARTS) is 1. The third-order valence-electron chi connectivity index (χ3n) is 4.29. The first kappa shape index (κ1) is 15.9. The molecule has 1 aliphatic rings. The van der Waals surface area contributed by atoms with Crippen molar-refractivity contribution in [3.05, 3.63) is 35.4 Å². The van der Waals surface area contributed by atoms with Crippen LogP contribution in [-0.2, 0) is 4.79 Å². The molecule has 1 atom stereocenters. The maximum atomic E-state index is 13.2. The molecule has 0 bridgehead atoms. The van der Waals surface area contributed by atoms with Gasteiger partial charge in [0.15, 0.2) is 0 Å². The highest BCUT2D eigenvalue weighted by Crippen LogP contribution is 2.29. The van der Waals surface area contributed by atoms with E-state index in [4.69, 9.17) is 5.11 Å². The van der Waals surface area contributed by atoms with Crippen molar-refractivity contribution >= 4 is 5.97 Å². The highest BCUT2D eigenvalue weighted by atomic mass is 19.1. The van der Waals surface area contributed by atoms with Gasteiger partial charge in [-0.2, -0.15) is 0 Å². The van der Waals surface area contributed by atoms with Crippen LogP contribution in [0.4, 0.5) is 8.78 Å². The van der Waals surface area contributed by atoms with E-state index in [2.05, 4.69) is 5.32 Å². The smallest absolute Gasteiger partial charge is 0.306 e. The van der Waals surface area contributed by atoms with E-state index < -0.39 is 17.6 Å². The van der Waals surface area contributed by atoms with Gasteiger partial charge in [-0.15, -0.1) is 0 Å². The largest absolute Gasteiger partial charge is 0.481 e. The molecule has 1 saturated carbocycles. The predicted octanol–water partition coefficient (Wildman–Crippen LogP) is 3.51. The van der Waals surface area contributed by atoms with Crippen LogP contribution < -0.4 is 5.32 Å². The molecule has 3 nitrogen and oxygen atoms in total. The Morgan fingerprint density at radius 1 is 1.24 bits per heavy atom. The summed E-state index contributed by atoms with van der Waals surface area (Å²) in [5.41, 5.74) is 0.590. The standard InChI is InChI=1S/C16H21F2NO2/c1-10(13-6-14(17)8-15(18)7-13)19-9-11-2-4-12(5-3-11)16(20)21/h6-8,10-12,19H,2-5,9H2,1H3,(H,20,21). The lowest BCUT2D eigenvalue weighted by molar-refractivity contribution is -0.143. The van der Waals surface area contributed by atoms with Crippen LogP contribution in [0.1, 0.15) is 44.2 Å². The molecule has 1 aromatic carbocycles. The summed E-state index contributed by atoms with van der Waals surface area (Å²) < 4.78 is 26.4. The fraction of sp³-hybridized carbons (Fsp3) is 0.562. The summed E-state index contributed by atoms with van der Waals surface area (Å²) >= 11 is 0. The van der Waals surface area contributed by atoms with E-state index in [1.54, 1.807) is 0 Å². The van der Waals surface area contributed by atoms with E-state index in [9.17, 15) is 13.6 Å². The van der Waals surface area contributed by atoms with Crippen molar-refractivity contribution in [2.24, 2.45) is 11.8 Å². The van der Waals surface area contributed by atoms with Crippen LogP contribution in [0.25, 0.3) is 0 Å². The van der Waals surface area contributed by atoms with Gasteiger partial charge >= 0.3 is 5.97 Å². The summed E-state index contributed by atoms with van der Waals surface area (Å²) in [6, 6.07) is 3.40. The fourth-order valence-electron chi connectivity index (χ4n) is 2.90. The number of halogens is 2. The van der Waals surface area contributed by atoms with Crippen molar-refractivity contribution < 1.29 is 18.7 Å². The van der Waals surface area contributed by atoms with E-state index in [-0.39, 0.29) is 12.0 Å². The second kappa shape index (κ2) is 6.98. The average Bonchev–Trinajstić information content (AvgIpc) is 2.44. The number of aliphatic carboxylic acids is 1. The fourth-order valence-corrected chi connectivity index (χ4v) is 2.90. The molecule has 21 heavy (non-hydrogen) atoms. The Kier molecular flexibility index (Phi) is 5.28. The van der Waals surface area contributed by atoms with Gasteiger partial charge in [-0.1, -0.05) is 0 Å². The first-order valence-electron chi connectivity index (χ1n) is 7.38. The lowest BCUT2D eigenvalue weighted by Crippen LogP contribution is -2.30. The quantitative estimate of drug-likeness (QED) is 0.874. The van der Waals surface area contributed by atoms with Gasteiger partial charge in [-0.3, -0.25) is 4.79 Å². The minimum atomic E-state index is -0.704. The molecule has 0 amide bonds. The van der Waals surface area contributed by atoms with Crippen LogP contribution in [0.2, 0.25) is 0 Å². The van der Waals surface area contributed by atoms with Gasteiger partial charge in [0.2, 0.25) is 0 Å². The zero-order chi connectivity index (χ0) is 15.4. The predicted molar refractivity (Wildman–Crippen MR) is 75.9 cm³/mol. The number of hydrogen-bond donors (Lipinski definition) is 2. The monoisotopic (exact) mass is 297 g/mol. The second-order valence-corrected chi connectivity index (χ2v) is 5.89. The van der Waals surface area contributed by atoms with Crippen molar-refractivity contribution in [3.8, 4) is 0 Å². The van der Waals surface area contributed by atoms with Gasteiger partial charge in [0.1, 0.15) is 11.6 Å². The Bertz CT molecular complexity index is 479. The van der Waals surface area contributed by atoms with Gasteiger partial charge in [-0.25, -0.2) is 8.78 Å². The van der Waals surface area contributed by atoms with Crippen molar-refractivity contribution in [3.63, 3.8) is 0 Å². The molecule has 2 N–H and O–H groups in total. The summed E-state index contributed by atoms with van der Waals surface area (Å²) in [5.74, 6) is -1.62. The van der Waals surface area contributed by atoms with E-state index in [0.29, 0.717) is 24.3 Å². The minimum Gasteiger partial charge on any atom is -0.481 e. The zero-order valence-corrected chi connectivity index (χ0v) is 12.1. The van der Waals surface area contributed by atoms with Gasteiger partial charge in [0, 0.05) is 12.1 Å². The Morgan fingerprint density at radius 3 is 2.33 bits per heavy atom. The van der Waals surface area contributed by atoms with Crippen LogP contribution >= 0.6 is 0 Å². The molecule has 0 spiro atoms. The highest BCUT2D eigenvalue weighted by Gasteiger charge is 2.25. The highest BCUT2D eigenvalue weighted by molar-refractivity contribution is 5.69. The van der Waals surface area contributed by atoms with E-state index in [1.807, 2.05) is 6.92 Å². The molecule has 116 valence electrons. The molecule has 0 aromatic heterocycles. The van der Waals surface area contributed by atoms with Crippen molar-refractivity contribution in [1.82, 2.24) is 5.32 Å². The molecule has 1 fully saturated rings. The van der Waals surface area contributed by atoms with E-state index in [1.165, 1.54) is 12.1 Å². The molecule has 1 aliphatic carbocycles. The van der Waals surface area contributed by atoms with Crippen LogP contribution in [0, 0.1) is 23.5 Å². The first-order valence-corrected chi connectivity index (χ1v) is 7.38. The van der Waals surface area contributed by atoms with Gasteiger partial charge in [-0.05, 0) is 62.8 Å². The maximum Gasteiger partial charge on any atom is 0.306 e. The molecule has 0 radical (unpaired) electrons. The Labute approximate surface area is 123 Å². The summed E-state index contributed by atoms with van der Waals surface area (Å²) in [4.78, 5) is 10.9. The van der Waals surface area contributed by atoms with Gasteiger partial charge in [0.05, 0.1) is 5.92 Å². The normalized spacial score (nSPS) is 23.8. The molecule has 2 rings (SSSR count). The summed E-state index contributed by atoms with van der Waals surface area (Å²) in [6.45, 7) is 2.61. The lowest BCUT2D eigenvalue weighted by Gasteiger charge is -2.27. The third kappa shape index (κ3) is 4.49. The van der Waals surface area contributed by atoms with Gasteiger partial charge in [0.25, 0.3) is 0 Å². The van der Waals surface area contributed by atoms with Crippen LogP contribution in [0.3, 0.4) is 0 Å². The molecular weight excluding hydrogens is 276 g/mol. The molecule has 1 unspecified atom stereocenters. The van der Waals surface area contributed by atoms with Crippen LogP contribution in [-0.4, -0.2) is 17.6 Å². The summed E-state index contributed by atoms with van der Waals surface area (Å²) in [5, 5.41) is 12.2. The van der Waals surface area contributed by atoms with E-state index >= 15 is 0 Å². The molecule has 0 heterocycles. The summed E-state index contributed by atoms with van der Waals surface area (Å²) in [6.07, 6.45) is 3.19. The average molecular weight is 297 g/mol. The number of hydrogen-bond acceptors (Lipinski definition) is 2. The first-order chi connectivity index (χ1) is 9.95. The SMILES string of the molecule is CC(NCC1CCC(C(=O)O)CC1)c1cc(F)cc(F)c1. The maximum absolute atomic E-state index is 13.2. The molecule has 1 aromatic rings.